The Morgan fingerprint density at radius 1 is 0.962 bits per heavy atom. The smallest absolute Gasteiger partial charge is 0.264 e. The van der Waals surface area contributed by atoms with Crippen LogP contribution in [0, 0.1) is 6.57 Å². The van der Waals surface area contributed by atoms with Gasteiger partial charge in [0.1, 0.15) is 6.04 Å². The van der Waals surface area contributed by atoms with Crippen LogP contribution >= 0.6 is 0 Å². The number of ketones is 1. The number of aromatic nitrogens is 1. The Hall–Kier alpha value is -6.29. The minimum absolute atomic E-state index is 0.0266. The van der Waals surface area contributed by atoms with Crippen LogP contribution in [0.2, 0.25) is 0 Å². The largest absolute Gasteiger partial charge is 0.375 e. The summed E-state index contributed by atoms with van der Waals surface area (Å²) in [5.41, 5.74) is 6.55. The Balaban J connectivity index is 0.968. The molecule has 0 bridgehead atoms. The number of hydrogen-bond donors (Lipinski definition) is 3. The molecule has 268 valence electrons. The van der Waals surface area contributed by atoms with Crippen LogP contribution in [0.5, 0.6) is 0 Å². The van der Waals surface area contributed by atoms with Gasteiger partial charge in [-0.05, 0) is 54.3 Å². The van der Waals surface area contributed by atoms with Crippen molar-refractivity contribution in [1.29, 1.82) is 0 Å². The van der Waals surface area contributed by atoms with Gasteiger partial charge in [-0.15, -0.1) is 0 Å². The number of piperazine rings is 1. The second-order valence-corrected chi connectivity index (χ2v) is 14.4. The lowest BCUT2D eigenvalue weighted by Crippen LogP contribution is -2.54. The van der Waals surface area contributed by atoms with E-state index >= 15 is 0 Å². The Morgan fingerprint density at radius 3 is 2.45 bits per heavy atom. The summed E-state index contributed by atoms with van der Waals surface area (Å²) in [6.45, 7) is 15.7. The van der Waals surface area contributed by atoms with Gasteiger partial charge in [0.2, 0.25) is 17.7 Å². The SMILES string of the molecule is [C-]#[N+]c1ccc2c3c([nH]c2c1)C(C)(C)c1cc(N2CCN(C(=O)CNc4cccc5c4C(=O)N(C4CCC(=O)NC4=O)C5=O)CC2)c(CC)cc1C3=O. The highest BCUT2D eigenvalue weighted by Gasteiger charge is 2.46. The number of anilines is 2. The number of fused-ring (bicyclic) bond motifs is 5. The number of hydrogen-bond acceptors (Lipinski definition) is 8. The van der Waals surface area contributed by atoms with Crippen molar-refractivity contribution < 1.29 is 28.8 Å². The molecule has 4 heterocycles. The highest BCUT2D eigenvalue weighted by molar-refractivity contribution is 6.25. The number of piperidine rings is 1. The van der Waals surface area contributed by atoms with Crippen LogP contribution < -0.4 is 15.5 Å². The second kappa shape index (κ2) is 12.4. The van der Waals surface area contributed by atoms with Crippen molar-refractivity contribution in [2.45, 2.75) is 51.5 Å². The number of benzene rings is 3. The van der Waals surface area contributed by atoms with E-state index < -0.39 is 35.1 Å². The zero-order valence-electron chi connectivity index (χ0n) is 29.6. The molecule has 5 amide bonds. The van der Waals surface area contributed by atoms with E-state index in [1.165, 1.54) is 6.07 Å². The molecule has 3 N–H and O–H groups in total. The van der Waals surface area contributed by atoms with Crippen molar-refractivity contribution in [1.82, 2.24) is 20.1 Å². The zero-order valence-corrected chi connectivity index (χ0v) is 29.6. The van der Waals surface area contributed by atoms with Crippen LogP contribution in [0.3, 0.4) is 0 Å². The van der Waals surface area contributed by atoms with Gasteiger partial charge >= 0.3 is 0 Å². The summed E-state index contributed by atoms with van der Waals surface area (Å²) in [7, 11) is 0. The summed E-state index contributed by atoms with van der Waals surface area (Å²) in [5.74, 6) is -2.57. The lowest BCUT2D eigenvalue weighted by Gasteiger charge is -2.39. The number of rotatable bonds is 6. The average Bonchev–Trinajstić information content (AvgIpc) is 3.67. The predicted octanol–water partition coefficient (Wildman–Crippen LogP) is 4.31. The minimum Gasteiger partial charge on any atom is -0.375 e. The first-order valence-electron chi connectivity index (χ1n) is 17.8. The molecule has 4 aromatic rings. The van der Waals surface area contributed by atoms with E-state index in [1.807, 2.05) is 12.1 Å². The Morgan fingerprint density at radius 2 is 1.74 bits per heavy atom. The number of aromatic amines is 1. The van der Waals surface area contributed by atoms with Crippen LogP contribution in [-0.2, 0) is 26.2 Å². The van der Waals surface area contributed by atoms with Crippen LogP contribution in [-0.4, -0.2) is 88.9 Å². The fourth-order valence-electron chi connectivity index (χ4n) is 8.29. The third-order valence-corrected chi connectivity index (χ3v) is 11.2. The van der Waals surface area contributed by atoms with Crippen LogP contribution in [0.25, 0.3) is 15.7 Å². The standard InChI is InChI=1S/C40H37N7O6/c1-5-21-17-25-26(40(2,3)36-34(35(25)50)23-10-9-22(41-4)18-28(23)43-36)19-30(21)45-13-15-46(16-14-45)32(49)20-42-27-8-6-7-24-33(27)39(53)47(38(24)52)29-11-12-31(48)44-37(29)51/h6-10,17-19,29,42-43H,5,11-16,20H2,1-3H3,(H,44,48,51). The van der Waals surface area contributed by atoms with Crippen LogP contribution in [0.4, 0.5) is 17.1 Å². The maximum Gasteiger partial charge on any atom is 0.264 e. The van der Waals surface area contributed by atoms with E-state index in [0.717, 1.165) is 44.7 Å². The molecule has 2 fully saturated rings. The Kier molecular flexibility index (Phi) is 7.94. The third kappa shape index (κ3) is 5.27. The summed E-state index contributed by atoms with van der Waals surface area (Å²) < 4.78 is 0. The summed E-state index contributed by atoms with van der Waals surface area (Å²) in [5, 5.41) is 6.08. The van der Waals surface area contributed by atoms with Gasteiger partial charge < -0.3 is 20.1 Å². The fourth-order valence-corrected chi connectivity index (χ4v) is 8.29. The molecule has 3 aromatic carbocycles. The number of amides is 5. The van der Waals surface area contributed by atoms with Crippen molar-refractivity contribution in [3.05, 3.63) is 99.0 Å². The normalized spacial score (nSPS) is 19.2. The van der Waals surface area contributed by atoms with Gasteiger partial charge in [0, 0.05) is 71.5 Å². The fraction of sp³-hybridized carbons (Fsp3) is 0.325. The van der Waals surface area contributed by atoms with Gasteiger partial charge in [0.15, 0.2) is 11.5 Å². The molecule has 53 heavy (non-hydrogen) atoms. The van der Waals surface area contributed by atoms with Crippen molar-refractivity contribution in [3.63, 3.8) is 0 Å². The number of carbonyl (C=O) groups is 6. The van der Waals surface area contributed by atoms with Crippen molar-refractivity contribution in [2.24, 2.45) is 0 Å². The van der Waals surface area contributed by atoms with Crippen molar-refractivity contribution in [3.8, 4) is 0 Å². The number of carbonyl (C=O) groups excluding carboxylic acids is 6. The van der Waals surface area contributed by atoms with Gasteiger partial charge in [0.25, 0.3) is 11.8 Å². The molecular weight excluding hydrogens is 674 g/mol. The zero-order chi connectivity index (χ0) is 37.3. The average molecular weight is 712 g/mol. The van der Waals surface area contributed by atoms with E-state index in [4.69, 9.17) is 6.57 Å². The molecule has 1 aliphatic carbocycles. The summed E-state index contributed by atoms with van der Waals surface area (Å²) in [6.07, 6.45) is 0.804. The lowest BCUT2D eigenvalue weighted by atomic mass is 9.70. The minimum atomic E-state index is -1.08. The van der Waals surface area contributed by atoms with Crippen molar-refractivity contribution in [2.75, 3.05) is 42.9 Å². The quantitative estimate of drug-likeness (QED) is 0.197. The Bertz CT molecular complexity index is 2360. The second-order valence-electron chi connectivity index (χ2n) is 14.4. The molecule has 1 atom stereocenters. The highest BCUT2D eigenvalue weighted by Crippen LogP contribution is 2.46. The summed E-state index contributed by atoms with van der Waals surface area (Å²) >= 11 is 0. The molecule has 4 aliphatic rings. The third-order valence-electron chi connectivity index (χ3n) is 11.2. The molecule has 1 aromatic heterocycles. The lowest BCUT2D eigenvalue weighted by molar-refractivity contribution is -0.136. The molecule has 0 spiro atoms. The molecule has 8 rings (SSSR count). The maximum atomic E-state index is 14.1. The van der Waals surface area contributed by atoms with Crippen LogP contribution in [0.15, 0.2) is 48.5 Å². The molecule has 2 saturated heterocycles. The number of imide groups is 2. The first-order chi connectivity index (χ1) is 25.4. The van der Waals surface area contributed by atoms with Gasteiger partial charge in [-0.1, -0.05) is 39.0 Å². The number of nitrogens with one attached hydrogen (secondary N) is 3. The van der Waals surface area contributed by atoms with Gasteiger partial charge in [-0.25, -0.2) is 4.85 Å². The first-order valence-corrected chi connectivity index (χ1v) is 17.8. The van der Waals surface area contributed by atoms with Crippen molar-refractivity contribution >= 4 is 63.3 Å². The number of H-pyrrole nitrogens is 1. The highest BCUT2D eigenvalue weighted by atomic mass is 16.2. The Labute approximate surface area is 305 Å². The molecule has 0 radical (unpaired) electrons. The topological polar surface area (TPSA) is 156 Å². The predicted molar refractivity (Wildman–Crippen MR) is 196 cm³/mol. The molecule has 1 unspecified atom stereocenters. The van der Waals surface area contributed by atoms with E-state index in [-0.39, 0.29) is 42.2 Å². The van der Waals surface area contributed by atoms with E-state index in [9.17, 15) is 28.8 Å². The monoisotopic (exact) mass is 711 g/mol. The van der Waals surface area contributed by atoms with Gasteiger partial charge in [0.05, 0.1) is 29.8 Å². The van der Waals surface area contributed by atoms with Crippen LogP contribution in [0.1, 0.15) is 87.1 Å². The van der Waals surface area contributed by atoms with Gasteiger partial charge in [-0.2, -0.15) is 0 Å². The van der Waals surface area contributed by atoms with Gasteiger partial charge in [-0.3, -0.25) is 39.0 Å². The van der Waals surface area contributed by atoms with E-state index in [0.29, 0.717) is 48.7 Å². The number of aryl methyl sites for hydroxylation is 1. The first kappa shape index (κ1) is 33.8. The molecule has 0 saturated carbocycles. The summed E-state index contributed by atoms with van der Waals surface area (Å²) in [4.78, 5) is 90.3. The number of nitrogens with zero attached hydrogens (tertiary/aromatic N) is 4. The van der Waals surface area contributed by atoms with E-state index in [2.05, 4.69) is 52.2 Å². The maximum absolute atomic E-state index is 14.1. The molecule has 13 heteroatoms. The molecular formula is C40H37N7O6. The molecule has 13 nitrogen and oxygen atoms in total. The van der Waals surface area contributed by atoms with E-state index in [1.54, 1.807) is 29.2 Å². The summed E-state index contributed by atoms with van der Waals surface area (Å²) in [6, 6.07) is 13.2. The molecule has 3 aliphatic heterocycles.